The summed E-state index contributed by atoms with van der Waals surface area (Å²) >= 11 is 6.44. The van der Waals surface area contributed by atoms with Crippen LogP contribution in [0.25, 0.3) is 10.9 Å². The second kappa shape index (κ2) is 8.43. The minimum absolute atomic E-state index is 0.411. The number of carbonyl (C=O) groups excluding carboxylic acids is 2. The van der Waals surface area contributed by atoms with Crippen LogP contribution >= 0.6 is 11.6 Å². The summed E-state index contributed by atoms with van der Waals surface area (Å²) in [5.74, 6) is -0.829. The predicted octanol–water partition coefficient (Wildman–Crippen LogP) is 1.39. The van der Waals surface area contributed by atoms with Gasteiger partial charge in [0.2, 0.25) is 0 Å². The van der Waals surface area contributed by atoms with E-state index in [0.29, 0.717) is 64.0 Å². The fraction of sp³-hybridized carbons (Fsp3) is 0.450. The van der Waals surface area contributed by atoms with Crippen LogP contribution in [0.15, 0.2) is 30.5 Å². The van der Waals surface area contributed by atoms with Crippen LogP contribution in [-0.2, 0) is 20.9 Å². The molecule has 28 heavy (non-hydrogen) atoms. The van der Waals surface area contributed by atoms with Gasteiger partial charge in [-0.25, -0.2) is 0 Å². The summed E-state index contributed by atoms with van der Waals surface area (Å²) < 4.78 is 5.24. The van der Waals surface area contributed by atoms with Gasteiger partial charge in [-0.3, -0.25) is 19.5 Å². The first kappa shape index (κ1) is 19.1. The number of piperazine rings is 1. The van der Waals surface area contributed by atoms with E-state index < -0.39 is 11.8 Å². The summed E-state index contributed by atoms with van der Waals surface area (Å²) in [6.07, 6.45) is 1.77. The lowest BCUT2D eigenvalue weighted by atomic mass is 10.1. The summed E-state index contributed by atoms with van der Waals surface area (Å²) in [5, 5.41) is 1.76. The number of carbonyl (C=O) groups is 2. The van der Waals surface area contributed by atoms with Crippen LogP contribution in [0.2, 0.25) is 5.02 Å². The third-order valence-electron chi connectivity index (χ3n) is 5.34. The Balaban J connectivity index is 1.38. The van der Waals surface area contributed by atoms with Crippen LogP contribution in [0.4, 0.5) is 0 Å². The van der Waals surface area contributed by atoms with E-state index in [2.05, 4.69) is 9.88 Å². The largest absolute Gasteiger partial charge is 0.378 e. The maximum atomic E-state index is 12.5. The zero-order chi connectivity index (χ0) is 19.5. The number of fused-ring (bicyclic) bond motifs is 1. The molecule has 8 heteroatoms. The van der Waals surface area contributed by atoms with Crippen molar-refractivity contribution in [2.75, 3.05) is 52.5 Å². The van der Waals surface area contributed by atoms with Gasteiger partial charge in [-0.15, -0.1) is 0 Å². The van der Waals surface area contributed by atoms with Gasteiger partial charge < -0.3 is 14.5 Å². The molecule has 148 valence electrons. The van der Waals surface area contributed by atoms with Crippen LogP contribution in [0.1, 0.15) is 5.56 Å². The molecule has 2 amide bonds. The zero-order valence-corrected chi connectivity index (χ0v) is 16.4. The Kier molecular flexibility index (Phi) is 5.75. The minimum Gasteiger partial charge on any atom is -0.378 e. The molecule has 0 radical (unpaired) electrons. The second-order valence-corrected chi connectivity index (χ2v) is 7.48. The van der Waals surface area contributed by atoms with E-state index >= 15 is 0 Å². The number of halogens is 1. The first-order valence-electron chi connectivity index (χ1n) is 9.54. The lowest BCUT2D eigenvalue weighted by Crippen LogP contribution is -2.54. The van der Waals surface area contributed by atoms with Gasteiger partial charge in [0.05, 0.1) is 18.7 Å². The highest BCUT2D eigenvalue weighted by Crippen LogP contribution is 2.26. The molecule has 0 atom stereocenters. The summed E-state index contributed by atoms with van der Waals surface area (Å²) in [5.41, 5.74) is 1.92. The van der Waals surface area contributed by atoms with E-state index in [1.165, 1.54) is 0 Å². The van der Waals surface area contributed by atoms with Crippen molar-refractivity contribution in [3.63, 3.8) is 0 Å². The fourth-order valence-electron chi connectivity index (χ4n) is 3.70. The van der Waals surface area contributed by atoms with Crippen LogP contribution in [0, 0.1) is 0 Å². The molecule has 2 saturated heterocycles. The molecule has 0 N–H and O–H groups in total. The number of nitrogens with zero attached hydrogens (tertiary/aromatic N) is 4. The molecule has 4 rings (SSSR count). The van der Waals surface area contributed by atoms with Gasteiger partial charge in [0.15, 0.2) is 0 Å². The molecule has 1 aromatic carbocycles. The molecule has 7 nitrogen and oxygen atoms in total. The van der Waals surface area contributed by atoms with Gasteiger partial charge in [-0.2, -0.15) is 0 Å². The van der Waals surface area contributed by atoms with Gasteiger partial charge in [0.25, 0.3) is 0 Å². The molecule has 0 aliphatic carbocycles. The Morgan fingerprint density at radius 1 is 0.964 bits per heavy atom. The SMILES string of the molecule is O=C(C(=O)N1CCN(Cc2c(Cl)ccc3cccnc23)CC1)N1CCOCC1. The maximum absolute atomic E-state index is 12.5. The molecule has 2 fully saturated rings. The number of aromatic nitrogens is 1. The Labute approximate surface area is 168 Å². The average Bonchev–Trinajstić information content (AvgIpc) is 2.76. The highest BCUT2D eigenvalue weighted by molar-refractivity contribution is 6.35. The smallest absolute Gasteiger partial charge is 0.312 e. The molecule has 2 aliphatic rings. The van der Waals surface area contributed by atoms with Gasteiger partial charge in [-0.05, 0) is 12.1 Å². The normalized spacial score (nSPS) is 18.5. The predicted molar refractivity (Wildman–Crippen MR) is 106 cm³/mol. The van der Waals surface area contributed by atoms with Gasteiger partial charge in [-0.1, -0.05) is 23.7 Å². The lowest BCUT2D eigenvalue weighted by Gasteiger charge is -2.36. The Morgan fingerprint density at radius 3 is 2.36 bits per heavy atom. The maximum Gasteiger partial charge on any atom is 0.312 e. The second-order valence-electron chi connectivity index (χ2n) is 7.07. The number of hydrogen-bond donors (Lipinski definition) is 0. The number of rotatable bonds is 2. The quantitative estimate of drug-likeness (QED) is 0.710. The van der Waals surface area contributed by atoms with E-state index in [4.69, 9.17) is 16.3 Å². The van der Waals surface area contributed by atoms with Crippen molar-refractivity contribution in [3.05, 3.63) is 41.0 Å². The van der Waals surface area contributed by atoms with Crippen LogP contribution < -0.4 is 0 Å². The Morgan fingerprint density at radius 2 is 1.64 bits per heavy atom. The molecule has 0 bridgehead atoms. The Bertz CT molecular complexity index is 877. The number of benzene rings is 1. The van der Waals surface area contributed by atoms with Crippen molar-refractivity contribution >= 4 is 34.3 Å². The van der Waals surface area contributed by atoms with E-state index in [1.54, 1.807) is 16.0 Å². The van der Waals surface area contributed by atoms with Crippen LogP contribution in [0.5, 0.6) is 0 Å². The van der Waals surface area contributed by atoms with Crippen molar-refractivity contribution in [3.8, 4) is 0 Å². The van der Waals surface area contributed by atoms with Crippen LogP contribution in [0.3, 0.4) is 0 Å². The standard InChI is InChI=1S/C20H23ClN4O3/c21-17-4-3-15-2-1-5-22-18(15)16(17)14-23-6-8-24(9-7-23)19(26)20(27)25-10-12-28-13-11-25/h1-5H,6-14H2. The number of hydrogen-bond acceptors (Lipinski definition) is 5. The van der Waals surface area contributed by atoms with Gasteiger partial charge >= 0.3 is 11.8 Å². The first-order chi connectivity index (χ1) is 13.6. The monoisotopic (exact) mass is 402 g/mol. The summed E-state index contributed by atoms with van der Waals surface area (Å²) in [6.45, 7) is 5.08. The molecule has 2 aromatic rings. The molecule has 1 aromatic heterocycles. The van der Waals surface area contributed by atoms with E-state index in [9.17, 15) is 9.59 Å². The van der Waals surface area contributed by atoms with Crippen molar-refractivity contribution in [1.82, 2.24) is 19.7 Å². The van der Waals surface area contributed by atoms with Crippen molar-refractivity contribution in [2.45, 2.75) is 6.54 Å². The van der Waals surface area contributed by atoms with Crippen molar-refractivity contribution < 1.29 is 14.3 Å². The molecule has 3 heterocycles. The summed E-state index contributed by atoms with van der Waals surface area (Å²) in [4.78, 5) is 34.9. The molecule has 0 unspecified atom stereocenters. The van der Waals surface area contributed by atoms with Gasteiger partial charge in [0, 0.05) is 68.0 Å². The van der Waals surface area contributed by atoms with Crippen molar-refractivity contribution in [1.29, 1.82) is 0 Å². The molecule has 2 aliphatic heterocycles. The van der Waals surface area contributed by atoms with E-state index in [1.807, 2.05) is 24.3 Å². The zero-order valence-electron chi connectivity index (χ0n) is 15.6. The molecular formula is C20H23ClN4O3. The number of morpholine rings is 1. The molecule has 0 spiro atoms. The third kappa shape index (κ3) is 3.97. The molecule has 0 saturated carbocycles. The number of ether oxygens (including phenoxy) is 1. The summed E-state index contributed by atoms with van der Waals surface area (Å²) in [6, 6.07) is 7.82. The van der Waals surface area contributed by atoms with E-state index in [-0.39, 0.29) is 0 Å². The average molecular weight is 403 g/mol. The molecular weight excluding hydrogens is 380 g/mol. The first-order valence-corrected chi connectivity index (χ1v) is 9.91. The highest BCUT2D eigenvalue weighted by Gasteiger charge is 2.30. The fourth-order valence-corrected chi connectivity index (χ4v) is 3.91. The van der Waals surface area contributed by atoms with E-state index in [0.717, 1.165) is 16.5 Å². The number of pyridine rings is 1. The van der Waals surface area contributed by atoms with Crippen molar-refractivity contribution in [2.24, 2.45) is 0 Å². The van der Waals surface area contributed by atoms with Gasteiger partial charge in [0.1, 0.15) is 0 Å². The summed E-state index contributed by atoms with van der Waals surface area (Å²) in [7, 11) is 0. The topological polar surface area (TPSA) is 66.0 Å². The third-order valence-corrected chi connectivity index (χ3v) is 5.70. The minimum atomic E-state index is -0.418. The highest BCUT2D eigenvalue weighted by atomic mass is 35.5. The number of amides is 2. The van der Waals surface area contributed by atoms with Crippen LogP contribution in [-0.4, -0.2) is 84.0 Å². The lowest BCUT2D eigenvalue weighted by molar-refractivity contribution is -0.155. The Hall–Kier alpha value is -2.22.